The maximum Gasteiger partial charge on any atom is 0.259 e. The van der Waals surface area contributed by atoms with Crippen molar-refractivity contribution in [3.05, 3.63) is 46.8 Å². The molecule has 2 bridgehead atoms. The van der Waals surface area contributed by atoms with Crippen LogP contribution in [0, 0.1) is 11.8 Å². The highest BCUT2D eigenvalue weighted by atomic mass is 16.7. The molecule has 2 fully saturated rings. The van der Waals surface area contributed by atoms with Crippen molar-refractivity contribution in [1.29, 1.82) is 0 Å². The lowest BCUT2D eigenvalue weighted by Gasteiger charge is -2.49. The number of nitrogens with one attached hydrogen (secondary N) is 1. The van der Waals surface area contributed by atoms with Crippen molar-refractivity contribution in [1.82, 2.24) is 5.32 Å². The van der Waals surface area contributed by atoms with Gasteiger partial charge in [0.2, 0.25) is 0 Å². The number of rotatable bonds is 4. The first kappa shape index (κ1) is 21.2. The number of carbonyl (C=O) groups is 3. The number of aliphatic hydroxyl groups excluding tert-OH is 1. The summed E-state index contributed by atoms with van der Waals surface area (Å²) in [6.45, 7) is 9.35. The zero-order valence-corrected chi connectivity index (χ0v) is 17.3. The van der Waals surface area contributed by atoms with Crippen LogP contribution in [-0.4, -0.2) is 47.1 Å². The molecule has 1 amide bonds. The van der Waals surface area contributed by atoms with Crippen LogP contribution in [0.2, 0.25) is 0 Å². The molecule has 0 saturated carbocycles. The molecule has 0 radical (unpaired) electrons. The number of fused-ring (bicyclic) bond motifs is 2. The smallest absolute Gasteiger partial charge is 0.259 e. The quantitative estimate of drug-likeness (QED) is 0.324. The zero-order valence-electron chi connectivity index (χ0n) is 17.3. The number of hydrogen-bond acceptors (Lipinski definition) is 6. The summed E-state index contributed by atoms with van der Waals surface area (Å²) in [6, 6.07) is 0. The summed E-state index contributed by atoms with van der Waals surface area (Å²) in [6.07, 6.45) is 5.79. The fourth-order valence-electron chi connectivity index (χ4n) is 4.01. The number of ketones is 2. The molecule has 7 nitrogen and oxygen atoms in total. The Labute approximate surface area is 170 Å². The summed E-state index contributed by atoms with van der Waals surface area (Å²) in [5, 5.41) is 12.4. The van der Waals surface area contributed by atoms with E-state index in [4.69, 9.17) is 9.47 Å². The van der Waals surface area contributed by atoms with Crippen molar-refractivity contribution in [3.8, 4) is 0 Å². The van der Waals surface area contributed by atoms with Gasteiger partial charge in [-0.05, 0) is 38.5 Å². The number of aliphatic hydroxyl groups is 1. The number of allylic oxidation sites excluding steroid dienone is 3. The van der Waals surface area contributed by atoms with Crippen LogP contribution in [0.4, 0.5) is 0 Å². The van der Waals surface area contributed by atoms with E-state index in [1.807, 2.05) is 40.7 Å². The van der Waals surface area contributed by atoms with Crippen LogP contribution in [0.5, 0.6) is 0 Å². The lowest BCUT2D eigenvalue weighted by molar-refractivity contribution is -0.309. The predicted octanol–water partition coefficient (Wildman–Crippen LogP) is 2.30. The first-order chi connectivity index (χ1) is 13.5. The minimum absolute atomic E-state index is 0.0368. The van der Waals surface area contributed by atoms with Gasteiger partial charge in [-0.25, -0.2) is 0 Å². The van der Waals surface area contributed by atoms with E-state index in [0.29, 0.717) is 0 Å². The Balaban J connectivity index is 1.77. The van der Waals surface area contributed by atoms with Gasteiger partial charge in [0, 0.05) is 11.8 Å². The highest BCUT2D eigenvalue weighted by Crippen LogP contribution is 2.42. The van der Waals surface area contributed by atoms with Crippen LogP contribution in [0.15, 0.2) is 46.8 Å². The Morgan fingerprint density at radius 1 is 1.31 bits per heavy atom. The highest BCUT2D eigenvalue weighted by Gasteiger charge is 2.50. The molecule has 3 aliphatic rings. The minimum atomic E-state index is -0.916. The molecular formula is C22H27NO6. The molecule has 0 aromatic heterocycles. The number of amides is 1. The molecule has 0 spiro atoms. The molecule has 5 atom stereocenters. The van der Waals surface area contributed by atoms with E-state index in [1.165, 1.54) is 6.08 Å². The predicted molar refractivity (Wildman–Crippen MR) is 106 cm³/mol. The third kappa shape index (κ3) is 3.97. The summed E-state index contributed by atoms with van der Waals surface area (Å²) in [5.41, 5.74) is 1.36. The van der Waals surface area contributed by atoms with E-state index >= 15 is 0 Å². The second-order valence-corrected chi connectivity index (χ2v) is 8.12. The average molecular weight is 401 g/mol. The standard InChI is InChI=1S/C22H27NO6/c1-11(6-7-15(24)18-17(26)10-23-21(18)27)8-12(2)19-14(4)20-16(25)9-13(3)22(5,28-19)29-20/h6-9,12,14,19-20,24H,10H2,1-5H3,(H,23,27)/b7-6+,11-8?,18-15-/t12-,14-,19-,20+,22+/m1/s1. The number of carbonyl (C=O) groups excluding carboxylic acids is 3. The Hall–Kier alpha value is -2.51. The molecule has 3 heterocycles. The van der Waals surface area contributed by atoms with Gasteiger partial charge in [-0.15, -0.1) is 0 Å². The highest BCUT2D eigenvalue weighted by molar-refractivity contribution is 6.25. The summed E-state index contributed by atoms with van der Waals surface area (Å²) >= 11 is 0. The number of hydrogen-bond donors (Lipinski definition) is 2. The lowest BCUT2D eigenvalue weighted by atomic mass is 9.82. The Bertz CT molecular complexity index is 862. The van der Waals surface area contributed by atoms with E-state index in [2.05, 4.69) is 5.32 Å². The summed E-state index contributed by atoms with van der Waals surface area (Å²) in [7, 11) is 0. The van der Waals surface area contributed by atoms with E-state index in [9.17, 15) is 19.5 Å². The summed E-state index contributed by atoms with van der Waals surface area (Å²) in [5.74, 6) is -2.46. The Morgan fingerprint density at radius 3 is 2.62 bits per heavy atom. The van der Waals surface area contributed by atoms with Gasteiger partial charge in [0.25, 0.3) is 5.91 Å². The van der Waals surface area contributed by atoms with Crippen molar-refractivity contribution in [2.75, 3.05) is 6.54 Å². The zero-order chi connectivity index (χ0) is 21.5. The third-order valence-electron chi connectivity index (χ3n) is 5.78. The van der Waals surface area contributed by atoms with Crippen molar-refractivity contribution < 1.29 is 29.0 Å². The average Bonchev–Trinajstić information content (AvgIpc) is 2.98. The van der Waals surface area contributed by atoms with Gasteiger partial charge in [-0.2, -0.15) is 0 Å². The molecule has 2 N–H and O–H groups in total. The molecule has 29 heavy (non-hydrogen) atoms. The molecule has 3 rings (SSSR count). The number of Topliss-reactive ketones (excluding diaryl/α,β-unsaturated/α-hetero) is 1. The van der Waals surface area contributed by atoms with Crippen LogP contribution >= 0.6 is 0 Å². The molecule has 3 aliphatic heterocycles. The van der Waals surface area contributed by atoms with Gasteiger partial charge in [-0.3, -0.25) is 14.4 Å². The van der Waals surface area contributed by atoms with Gasteiger partial charge in [0.1, 0.15) is 17.4 Å². The summed E-state index contributed by atoms with van der Waals surface area (Å²) < 4.78 is 12.2. The number of ether oxygens (including phenoxy) is 2. The third-order valence-corrected chi connectivity index (χ3v) is 5.78. The Kier molecular flexibility index (Phi) is 5.65. The van der Waals surface area contributed by atoms with E-state index in [0.717, 1.165) is 11.1 Å². The molecule has 0 aromatic carbocycles. The monoisotopic (exact) mass is 401 g/mol. The van der Waals surface area contributed by atoms with E-state index in [1.54, 1.807) is 12.2 Å². The largest absolute Gasteiger partial charge is 0.507 e. The van der Waals surface area contributed by atoms with Crippen molar-refractivity contribution in [3.63, 3.8) is 0 Å². The normalized spacial score (nSPS) is 35.6. The SMILES string of the molecule is CC(=C[C@@H](C)[C@H]1O[C@@]2(C)O[C@H](C(=O)C=C2C)[C@@H]1C)/C=C/C(O)=C1\C(=O)CNC1=O. The van der Waals surface area contributed by atoms with Crippen molar-refractivity contribution >= 4 is 17.5 Å². The van der Waals surface area contributed by atoms with E-state index in [-0.39, 0.29) is 41.6 Å². The maximum absolute atomic E-state index is 12.3. The maximum atomic E-state index is 12.3. The first-order valence-electron chi connectivity index (χ1n) is 9.73. The van der Waals surface area contributed by atoms with Crippen LogP contribution in [0.3, 0.4) is 0 Å². The molecule has 7 heteroatoms. The van der Waals surface area contributed by atoms with Crippen LogP contribution in [0.25, 0.3) is 0 Å². The van der Waals surface area contributed by atoms with Gasteiger partial charge in [-0.1, -0.05) is 31.6 Å². The second-order valence-electron chi connectivity index (χ2n) is 8.12. The summed E-state index contributed by atoms with van der Waals surface area (Å²) in [4.78, 5) is 35.6. The van der Waals surface area contributed by atoms with Crippen molar-refractivity contribution in [2.24, 2.45) is 11.8 Å². The topological polar surface area (TPSA) is 102 Å². The first-order valence-corrected chi connectivity index (χ1v) is 9.73. The Morgan fingerprint density at radius 2 is 2.00 bits per heavy atom. The second kappa shape index (κ2) is 7.72. The molecular weight excluding hydrogens is 374 g/mol. The van der Waals surface area contributed by atoms with Crippen LogP contribution in [-0.2, 0) is 23.9 Å². The van der Waals surface area contributed by atoms with Gasteiger partial charge in [0.05, 0.1) is 12.6 Å². The molecule has 0 aliphatic carbocycles. The molecule has 156 valence electrons. The van der Waals surface area contributed by atoms with Gasteiger partial charge < -0.3 is 19.9 Å². The fourth-order valence-corrected chi connectivity index (χ4v) is 4.01. The fraction of sp³-hybridized carbons (Fsp3) is 0.500. The lowest BCUT2D eigenvalue weighted by Crippen LogP contribution is -2.58. The van der Waals surface area contributed by atoms with Crippen LogP contribution in [0.1, 0.15) is 34.6 Å². The molecule has 0 unspecified atom stereocenters. The van der Waals surface area contributed by atoms with E-state index < -0.39 is 23.6 Å². The molecule has 2 saturated heterocycles. The minimum Gasteiger partial charge on any atom is -0.507 e. The van der Waals surface area contributed by atoms with Gasteiger partial charge in [0.15, 0.2) is 17.4 Å². The van der Waals surface area contributed by atoms with Crippen LogP contribution < -0.4 is 5.32 Å². The van der Waals surface area contributed by atoms with Gasteiger partial charge >= 0.3 is 0 Å². The molecule has 0 aromatic rings. The van der Waals surface area contributed by atoms with Crippen molar-refractivity contribution in [2.45, 2.75) is 52.6 Å².